The third-order valence-corrected chi connectivity index (χ3v) is 7.55. The van der Waals surface area contributed by atoms with Crippen molar-refractivity contribution in [3.63, 3.8) is 0 Å². The van der Waals surface area contributed by atoms with E-state index in [0.29, 0.717) is 5.92 Å². The second-order valence-corrected chi connectivity index (χ2v) is 9.93. The molecule has 9 nitrogen and oxygen atoms in total. The van der Waals surface area contributed by atoms with Gasteiger partial charge in [-0.25, -0.2) is 4.98 Å². The smallest absolute Gasteiger partial charge is 0.228 e. The molecule has 0 amide bonds. The minimum Gasteiger partial charge on any atom is -0.361 e. The molecule has 1 aliphatic carbocycles. The van der Waals surface area contributed by atoms with Gasteiger partial charge in [-0.2, -0.15) is 15.2 Å². The molecule has 35 heavy (non-hydrogen) atoms. The maximum atomic E-state index is 5.13. The largest absolute Gasteiger partial charge is 0.361 e. The van der Waals surface area contributed by atoms with Crippen LogP contribution in [0.2, 0.25) is 0 Å². The maximum Gasteiger partial charge on any atom is 0.228 e. The van der Waals surface area contributed by atoms with Gasteiger partial charge in [0.2, 0.25) is 5.95 Å². The molecule has 2 atom stereocenters. The zero-order valence-corrected chi connectivity index (χ0v) is 20.9. The van der Waals surface area contributed by atoms with Crippen LogP contribution < -0.4 is 15.5 Å². The maximum absolute atomic E-state index is 5.13. The lowest BCUT2D eigenvalue weighted by Gasteiger charge is -2.28. The highest BCUT2D eigenvalue weighted by Crippen LogP contribution is 2.44. The van der Waals surface area contributed by atoms with Crippen LogP contribution in [0.3, 0.4) is 0 Å². The van der Waals surface area contributed by atoms with Crippen LogP contribution in [0.1, 0.15) is 57.7 Å². The Morgan fingerprint density at radius 3 is 2.66 bits per heavy atom. The van der Waals surface area contributed by atoms with E-state index in [1.165, 1.54) is 29.3 Å². The Labute approximate surface area is 205 Å². The van der Waals surface area contributed by atoms with E-state index >= 15 is 0 Å². The van der Waals surface area contributed by atoms with Crippen LogP contribution in [-0.4, -0.2) is 55.7 Å². The molecule has 0 radical (unpaired) electrons. The Balaban J connectivity index is 1.43. The van der Waals surface area contributed by atoms with Crippen molar-refractivity contribution in [3.05, 3.63) is 36.2 Å². The van der Waals surface area contributed by atoms with Gasteiger partial charge in [0.25, 0.3) is 0 Å². The predicted octanol–water partition coefficient (Wildman–Crippen LogP) is 4.14. The number of piperazine rings is 1. The van der Waals surface area contributed by atoms with Crippen LogP contribution in [0.15, 0.2) is 30.6 Å². The third kappa shape index (κ3) is 4.11. The molecule has 0 spiro atoms. The van der Waals surface area contributed by atoms with Crippen molar-refractivity contribution in [2.75, 3.05) is 36.4 Å². The Morgan fingerprint density at radius 1 is 1.09 bits per heavy atom. The predicted molar refractivity (Wildman–Crippen MR) is 140 cm³/mol. The van der Waals surface area contributed by atoms with Crippen molar-refractivity contribution < 1.29 is 0 Å². The van der Waals surface area contributed by atoms with Crippen molar-refractivity contribution in [2.45, 2.75) is 58.7 Å². The first kappa shape index (κ1) is 22.3. The number of anilines is 2. The first-order valence-electron chi connectivity index (χ1n) is 13.1. The summed E-state index contributed by atoms with van der Waals surface area (Å²) < 4.78 is 4.15. The molecule has 3 aromatic heterocycles. The Bertz CT molecular complexity index is 1330. The van der Waals surface area contributed by atoms with Crippen LogP contribution in [0.4, 0.5) is 11.8 Å². The molecule has 4 heterocycles. The number of benzene rings is 1. The number of fused-ring (bicyclic) bond motifs is 2. The normalized spacial score (nSPS) is 18.3. The molecule has 4 aromatic rings. The molecule has 1 saturated carbocycles. The quantitative estimate of drug-likeness (QED) is 0.398. The van der Waals surface area contributed by atoms with Crippen molar-refractivity contribution in [3.8, 4) is 0 Å². The Hall–Kier alpha value is -3.20. The molecule has 9 heteroatoms. The molecular formula is C26H35N9. The highest BCUT2D eigenvalue weighted by Gasteiger charge is 2.34. The molecule has 184 valence electrons. The van der Waals surface area contributed by atoms with Gasteiger partial charge in [0, 0.05) is 44.2 Å². The van der Waals surface area contributed by atoms with Gasteiger partial charge in [-0.15, -0.1) is 0 Å². The van der Waals surface area contributed by atoms with Gasteiger partial charge in [-0.3, -0.25) is 9.36 Å². The van der Waals surface area contributed by atoms with Crippen LogP contribution in [-0.2, 0) is 6.54 Å². The standard InChI is InChI=1S/C26H35N9/c1-4-17(3)35-24-21(16-29-35)30-26(33-12-10-27-11-13-33)32-25(24)31-23(18-6-7-18)19-8-9-22-20(14-19)15-28-34(22)5-2/h8-9,14-18,23,27H,4-7,10-13H2,1-3H3,(H,30,31,32)/t17-,23?/m0/s1. The average molecular weight is 474 g/mol. The highest BCUT2D eigenvalue weighted by atomic mass is 15.3. The van der Waals surface area contributed by atoms with Gasteiger partial charge in [0.05, 0.1) is 24.0 Å². The molecule has 2 N–H and O–H groups in total. The minimum atomic E-state index is 0.193. The van der Waals surface area contributed by atoms with Crippen LogP contribution >= 0.6 is 0 Å². The zero-order valence-electron chi connectivity index (χ0n) is 20.9. The molecule has 2 aliphatic rings. The van der Waals surface area contributed by atoms with Crippen molar-refractivity contribution in [2.24, 2.45) is 5.92 Å². The summed E-state index contributed by atoms with van der Waals surface area (Å²) >= 11 is 0. The summed E-state index contributed by atoms with van der Waals surface area (Å²) in [6.45, 7) is 11.1. The molecule has 1 aliphatic heterocycles. The SMILES string of the molecule is CC[C@H](C)n1ncc2nc(N3CCNCC3)nc(NC(c3ccc4c(cnn4CC)c3)C3CC3)c21. The fourth-order valence-electron chi connectivity index (χ4n) is 5.17. The number of aryl methyl sites for hydroxylation is 1. The molecule has 2 fully saturated rings. The van der Waals surface area contributed by atoms with E-state index < -0.39 is 0 Å². The molecule has 1 saturated heterocycles. The summed E-state index contributed by atoms with van der Waals surface area (Å²) in [5, 5.41) is 17.8. The summed E-state index contributed by atoms with van der Waals surface area (Å²) in [6, 6.07) is 7.24. The lowest BCUT2D eigenvalue weighted by Crippen LogP contribution is -2.44. The molecular weight excluding hydrogens is 438 g/mol. The number of nitrogens with one attached hydrogen (secondary N) is 2. The number of hydrogen-bond acceptors (Lipinski definition) is 7. The number of nitrogens with zero attached hydrogens (tertiary/aromatic N) is 7. The summed E-state index contributed by atoms with van der Waals surface area (Å²) in [4.78, 5) is 12.3. The fourth-order valence-corrected chi connectivity index (χ4v) is 5.17. The van der Waals surface area contributed by atoms with E-state index in [9.17, 15) is 0 Å². The monoisotopic (exact) mass is 473 g/mol. The second kappa shape index (κ2) is 9.11. The summed E-state index contributed by atoms with van der Waals surface area (Å²) in [5.74, 6) is 2.28. The molecule has 1 unspecified atom stereocenters. The summed E-state index contributed by atoms with van der Waals surface area (Å²) in [5.41, 5.74) is 4.39. The summed E-state index contributed by atoms with van der Waals surface area (Å²) in [6.07, 6.45) is 7.34. The number of hydrogen-bond donors (Lipinski definition) is 2. The van der Waals surface area contributed by atoms with E-state index in [2.05, 4.69) is 69.0 Å². The van der Waals surface area contributed by atoms with E-state index in [4.69, 9.17) is 15.1 Å². The zero-order chi connectivity index (χ0) is 23.9. The first-order chi connectivity index (χ1) is 17.2. The van der Waals surface area contributed by atoms with Crippen LogP contribution in [0, 0.1) is 5.92 Å². The van der Waals surface area contributed by atoms with E-state index in [-0.39, 0.29) is 12.1 Å². The van der Waals surface area contributed by atoms with E-state index in [1.807, 2.05) is 12.4 Å². The Kier molecular flexibility index (Phi) is 5.80. The first-order valence-corrected chi connectivity index (χ1v) is 13.1. The fraction of sp³-hybridized carbons (Fsp3) is 0.538. The van der Waals surface area contributed by atoms with Crippen molar-refractivity contribution in [1.82, 2.24) is 34.8 Å². The minimum absolute atomic E-state index is 0.193. The van der Waals surface area contributed by atoms with Gasteiger partial charge in [0.15, 0.2) is 5.82 Å². The molecule has 6 rings (SSSR count). The van der Waals surface area contributed by atoms with Gasteiger partial charge in [0.1, 0.15) is 11.0 Å². The number of rotatable bonds is 8. The van der Waals surface area contributed by atoms with Gasteiger partial charge in [-0.1, -0.05) is 13.0 Å². The molecule has 1 aromatic carbocycles. The Morgan fingerprint density at radius 2 is 1.91 bits per heavy atom. The van der Waals surface area contributed by atoms with E-state index in [1.54, 1.807) is 0 Å². The van der Waals surface area contributed by atoms with Gasteiger partial charge < -0.3 is 15.5 Å². The highest BCUT2D eigenvalue weighted by molar-refractivity contribution is 5.87. The number of aromatic nitrogens is 6. The van der Waals surface area contributed by atoms with E-state index in [0.717, 1.165) is 61.9 Å². The second-order valence-electron chi connectivity index (χ2n) is 9.93. The lowest BCUT2D eigenvalue weighted by atomic mass is 10.0. The molecule has 0 bridgehead atoms. The lowest BCUT2D eigenvalue weighted by molar-refractivity contribution is 0.492. The third-order valence-electron chi connectivity index (χ3n) is 7.55. The van der Waals surface area contributed by atoms with Gasteiger partial charge in [-0.05, 0) is 56.7 Å². The topological polar surface area (TPSA) is 88.7 Å². The van der Waals surface area contributed by atoms with Crippen LogP contribution in [0.25, 0.3) is 21.9 Å². The van der Waals surface area contributed by atoms with Crippen LogP contribution in [0.5, 0.6) is 0 Å². The average Bonchev–Trinajstić information content (AvgIpc) is 3.51. The van der Waals surface area contributed by atoms with Gasteiger partial charge >= 0.3 is 0 Å². The summed E-state index contributed by atoms with van der Waals surface area (Å²) in [7, 11) is 0. The van der Waals surface area contributed by atoms with Crippen molar-refractivity contribution in [1.29, 1.82) is 0 Å². The van der Waals surface area contributed by atoms with Crippen molar-refractivity contribution >= 4 is 33.7 Å².